The number of unbranched alkanes of at least 4 members (excludes halogenated alkanes) is 2. The molecule has 0 aromatic rings. The summed E-state index contributed by atoms with van der Waals surface area (Å²) in [7, 11) is -6.37. The standard InChI is InChI=1S/C11H22O4S2/c1-3-5-8-16(12,13)10-7-11-17(14,15)9-6-4-2/h7,10H,3-6,8-9,11H2,1-2H3. The first-order chi connectivity index (χ1) is 7.83. The highest BCUT2D eigenvalue weighted by Crippen LogP contribution is 2.01. The third-order valence-corrected chi connectivity index (χ3v) is 5.32. The Bertz CT molecular complexity index is 418. The van der Waals surface area contributed by atoms with E-state index >= 15 is 0 Å². The summed E-state index contributed by atoms with van der Waals surface area (Å²) in [5.41, 5.74) is 0. The van der Waals surface area contributed by atoms with E-state index in [9.17, 15) is 16.8 Å². The molecule has 4 nitrogen and oxygen atoms in total. The summed E-state index contributed by atoms with van der Waals surface area (Å²) >= 11 is 0. The van der Waals surface area contributed by atoms with E-state index in [1.807, 2.05) is 13.8 Å². The monoisotopic (exact) mass is 282 g/mol. The number of rotatable bonds is 9. The van der Waals surface area contributed by atoms with Crippen LogP contribution in [0.2, 0.25) is 0 Å². The van der Waals surface area contributed by atoms with Crippen molar-refractivity contribution in [2.75, 3.05) is 17.3 Å². The maximum absolute atomic E-state index is 11.4. The zero-order chi connectivity index (χ0) is 13.4. The zero-order valence-electron chi connectivity index (χ0n) is 10.6. The van der Waals surface area contributed by atoms with Crippen molar-refractivity contribution in [1.29, 1.82) is 0 Å². The lowest BCUT2D eigenvalue weighted by Gasteiger charge is -1.99. The highest BCUT2D eigenvalue weighted by atomic mass is 32.2. The van der Waals surface area contributed by atoms with Crippen LogP contribution in [0, 0.1) is 0 Å². The molecule has 0 unspecified atom stereocenters. The summed E-state index contributed by atoms with van der Waals surface area (Å²) in [5.74, 6) is 0.0379. The molecular weight excluding hydrogens is 260 g/mol. The molecule has 0 aliphatic rings. The topological polar surface area (TPSA) is 68.3 Å². The Morgan fingerprint density at radius 2 is 1.41 bits per heavy atom. The molecule has 0 amide bonds. The SMILES string of the molecule is CCCCS(=O)(=O)C=CCS(=O)(=O)CCCC. The summed E-state index contributed by atoms with van der Waals surface area (Å²) in [4.78, 5) is 0. The van der Waals surface area contributed by atoms with Crippen LogP contribution in [-0.2, 0) is 19.7 Å². The Morgan fingerprint density at radius 1 is 0.882 bits per heavy atom. The van der Waals surface area contributed by atoms with E-state index in [-0.39, 0.29) is 17.3 Å². The van der Waals surface area contributed by atoms with Gasteiger partial charge in [0, 0.05) is 5.41 Å². The average Bonchev–Trinajstić information content (AvgIpc) is 2.23. The molecule has 0 aromatic carbocycles. The Hall–Kier alpha value is -0.360. The van der Waals surface area contributed by atoms with Crippen LogP contribution < -0.4 is 0 Å². The molecule has 102 valence electrons. The lowest BCUT2D eigenvalue weighted by molar-refractivity contribution is 0.595. The molecule has 0 saturated carbocycles. The van der Waals surface area contributed by atoms with Crippen molar-refractivity contribution in [3.63, 3.8) is 0 Å². The molecule has 0 atom stereocenters. The molecule has 0 fully saturated rings. The summed E-state index contributed by atoms with van der Waals surface area (Å²) in [5, 5.41) is 1.03. The highest BCUT2D eigenvalue weighted by molar-refractivity contribution is 7.94. The molecule has 0 saturated heterocycles. The number of hydrogen-bond donors (Lipinski definition) is 0. The first kappa shape index (κ1) is 16.6. The number of sulfone groups is 2. The summed E-state index contributed by atoms with van der Waals surface area (Å²) in [6.45, 7) is 3.83. The van der Waals surface area contributed by atoms with Gasteiger partial charge in [-0.2, -0.15) is 0 Å². The van der Waals surface area contributed by atoms with Gasteiger partial charge in [-0.25, -0.2) is 16.8 Å². The van der Waals surface area contributed by atoms with Crippen LogP contribution in [0.5, 0.6) is 0 Å². The molecule has 0 rings (SSSR count). The van der Waals surface area contributed by atoms with Gasteiger partial charge in [0.25, 0.3) is 0 Å². The maximum atomic E-state index is 11.4. The molecule has 0 bridgehead atoms. The maximum Gasteiger partial charge on any atom is 0.171 e. The molecular formula is C11H22O4S2. The quantitative estimate of drug-likeness (QED) is 0.648. The lowest BCUT2D eigenvalue weighted by Crippen LogP contribution is -2.10. The minimum absolute atomic E-state index is 0.0923. The Kier molecular flexibility index (Phi) is 7.70. The van der Waals surface area contributed by atoms with E-state index in [2.05, 4.69) is 0 Å². The van der Waals surface area contributed by atoms with Crippen molar-refractivity contribution in [3.8, 4) is 0 Å². The summed E-state index contributed by atoms with van der Waals surface area (Å²) in [6, 6.07) is 0. The van der Waals surface area contributed by atoms with Crippen LogP contribution in [-0.4, -0.2) is 34.1 Å². The second kappa shape index (κ2) is 7.87. The van der Waals surface area contributed by atoms with Crippen molar-refractivity contribution in [1.82, 2.24) is 0 Å². The average molecular weight is 282 g/mol. The predicted octanol–water partition coefficient (Wildman–Crippen LogP) is 1.93. The van der Waals surface area contributed by atoms with Gasteiger partial charge in [0.2, 0.25) is 0 Å². The minimum atomic E-state index is -3.23. The molecule has 0 heterocycles. The van der Waals surface area contributed by atoms with Gasteiger partial charge in [-0.15, -0.1) is 0 Å². The molecule has 0 radical (unpaired) electrons. The highest BCUT2D eigenvalue weighted by Gasteiger charge is 2.09. The Morgan fingerprint density at radius 3 is 1.94 bits per heavy atom. The number of hydrogen-bond acceptors (Lipinski definition) is 4. The van der Waals surface area contributed by atoms with Gasteiger partial charge in [0.1, 0.15) is 0 Å². The van der Waals surface area contributed by atoms with Crippen molar-refractivity contribution in [3.05, 3.63) is 11.5 Å². The van der Waals surface area contributed by atoms with Crippen LogP contribution in [0.4, 0.5) is 0 Å². The smallest absolute Gasteiger partial charge is 0.171 e. The second-order valence-electron chi connectivity index (χ2n) is 4.06. The van der Waals surface area contributed by atoms with Gasteiger partial charge in [0.05, 0.1) is 17.3 Å². The first-order valence-electron chi connectivity index (χ1n) is 5.92. The van der Waals surface area contributed by atoms with E-state index in [0.29, 0.717) is 12.8 Å². The van der Waals surface area contributed by atoms with E-state index in [1.165, 1.54) is 6.08 Å². The largest absolute Gasteiger partial charge is 0.229 e. The van der Waals surface area contributed by atoms with E-state index in [4.69, 9.17) is 0 Å². The van der Waals surface area contributed by atoms with Crippen LogP contribution >= 0.6 is 0 Å². The summed E-state index contributed by atoms with van der Waals surface area (Å²) < 4.78 is 45.7. The van der Waals surface area contributed by atoms with Crippen LogP contribution in [0.3, 0.4) is 0 Å². The minimum Gasteiger partial charge on any atom is -0.229 e. The van der Waals surface area contributed by atoms with Gasteiger partial charge < -0.3 is 0 Å². The van der Waals surface area contributed by atoms with E-state index < -0.39 is 19.7 Å². The lowest BCUT2D eigenvalue weighted by atomic mass is 10.4. The molecule has 0 N–H and O–H groups in total. The van der Waals surface area contributed by atoms with Crippen LogP contribution in [0.15, 0.2) is 11.5 Å². The van der Waals surface area contributed by atoms with Crippen molar-refractivity contribution < 1.29 is 16.8 Å². The van der Waals surface area contributed by atoms with Crippen molar-refractivity contribution in [2.24, 2.45) is 0 Å². The second-order valence-corrected chi connectivity index (χ2v) is 8.30. The van der Waals surface area contributed by atoms with E-state index in [1.54, 1.807) is 0 Å². The molecule has 0 aromatic heterocycles. The van der Waals surface area contributed by atoms with E-state index in [0.717, 1.165) is 18.2 Å². The molecule has 0 aliphatic carbocycles. The van der Waals surface area contributed by atoms with Gasteiger partial charge >= 0.3 is 0 Å². The Balaban J connectivity index is 4.27. The van der Waals surface area contributed by atoms with Crippen molar-refractivity contribution >= 4 is 19.7 Å². The van der Waals surface area contributed by atoms with Gasteiger partial charge in [-0.1, -0.05) is 32.8 Å². The predicted molar refractivity (Wildman–Crippen MR) is 71.4 cm³/mol. The molecule has 6 heteroatoms. The van der Waals surface area contributed by atoms with Crippen LogP contribution in [0.1, 0.15) is 39.5 Å². The van der Waals surface area contributed by atoms with Gasteiger partial charge in [-0.05, 0) is 12.8 Å². The molecule has 0 spiro atoms. The van der Waals surface area contributed by atoms with Gasteiger partial charge in [0.15, 0.2) is 19.7 Å². The van der Waals surface area contributed by atoms with Crippen LogP contribution in [0.25, 0.3) is 0 Å². The van der Waals surface area contributed by atoms with Crippen molar-refractivity contribution in [2.45, 2.75) is 39.5 Å². The molecule has 0 aliphatic heterocycles. The Labute approximate surface area is 105 Å². The fourth-order valence-electron chi connectivity index (χ4n) is 1.19. The first-order valence-corrected chi connectivity index (χ1v) is 9.46. The fourth-order valence-corrected chi connectivity index (χ4v) is 3.82. The normalized spacial score (nSPS) is 13.3. The third-order valence-electron chi connectivity index (χ3n) is 2.25. The zero-order valence-corrected chi connectivity index (χ0v) is 12.2. The fraction of sp³-hybridized carbons (Fsp3) is 0.818. The summed E-state index contributed by atoms with van der Waals surface area (Å²) in [6.07, 6.45) is 4.10. The van der Waals surface area contributed by atoms with Gasteiger partial charge in [-0.3, -0.25) is 0 Å². The molecule has 17 heavy (non-hydrogen) atoms. The third kappa shape index (κ3) is 9.35.